The summed E-state index contributed by atoms with van der Waals surface area (Å²) in [6.45, 7) is 0. The van der Waals surface area contributed by atoms with Crippen molar-refractivity contribution in [1.82, 2.24) is 0 Å². The second-order valence-corrected chi connectivity index (χ2v) is 6.26. The maximum absolute atomic E-state index is 1.68. The fraction of sp³-hybridized carbons (Fsp3) is 1.00. The Kier molecular flexibility index (Phi) is 0.375. The van der Waals surface area contributed by atoms with Crippen LogP contribution < -0.4 is 0 Å². The summed E-state index contributed by atoms with van der Waals surface area (Å²) in [7, 11) is 0. The number of hydrogen-bond donors (Lipinski definition) is 0. The molecule has 0 nitrogen and oxygen atoms in total. The van der Waals surface area contributed by atoms with Crippen LogP contribution in [-0.4, -0.2) is 0 Å². The second kappa shape index (κ2) is 0.843. The summed E-state index contributed by atoms with van der Waals surface area (Å²) in [4.78, 5) is 0. The topological polar surface area (TPSA) is 0 Å². The van der Waals surface area contributed by atoms with Crippen LogP contribution >= 0.6 is 0 Å². The summed E-state index contributed by atoms with van der Waals surface area (Å²) in [5.41, 5.74) is 4.02. The molecule has 5 saturated carbocycles. The predicted octanol–water partition coefficient (Wildman–Crippen LogP) is 2.73. The maximum Gasteiger partial charge on any atom is -0.0167 e. The highest BCUT2D eigenvalue weighted by molar-refractivity contribution is 5.49. The Labute approximate surface area is 67.4 Å². The van der Waals surface area contributed by atoms with E-state index in [9.17, 15) is 0 Å². The number of hydrogen-bond acceptors (Lipinski definition) is 0. The van der Waals surface area contributed by atoms with Crippen molar-refractivity contribution in [3.8, 4) is 0 Å². The first-order chi connectivity index (χ1) is 5.29. The van der Waals surface area contributed by atoms with Crippen LogP contribution in [0.25, 0.3) is 0 Å². The Bertz CT molecular complexity index is 265. The Morgan fingerprint density at radius 1 is 0.545 bits per heavy atom. The van der Waals surface area contributed by atoms with Gasteiger partial charge in [-0.15, -0.1) is 0 Å². The fourth-order valence-corrected chi connectivity index (χ4v) is 5.00. The normalized spacial score (nSPS) is 67.6. The molecule has 5 aliphatic rings. The number of rotatable bonds is 0. The zero-order chi connectivity index (χ0) is 6.95. The molecule has 2 unspecified atom stereocenters. The van der Waals surface area contributed by atoms with Gasteiger partial charge in [0.2, 0.25) is 0 Å². The summed E-state index contributed by atoms with van der Waals surface area (Å²) in [5, 5.41) is 0. The lowest BCUT2D eigenvalue weighted by atomic mass is 10.1. The third-order valence-electron chi connectivity index (χ3n) is 6.16. The van der Waals surface area contributed by atoms with Gasteiger partial charge in [-0.3, -0.25) is 0 Å². The molecule has 5 fully saturated rings. The Morgan fingerprint density at radius 2 is 1.00 bits per heavy atom. The van der Waals surface area contributed by atoms with Gasteiger partial charge in [0.1, 0.15) is 0 Å². The van der Waals surface area contributed by atoms with Gasteiger partial charge in [0.25, 0.3) is 0 Å². The zero-order valence-electron chi connectivity index (χ0n) is 6.95. The lowest BCUT2D eigenvalue weighted by Gasteiger charge is -1.89. The Morgan fingerprint density at radius 3 is 1.27 bits per heavy atom. The molecule has 0 amide bonds. The molecule has 5 rings (SSSR count). The largest absolute Gasteiger partial charge is 0.0465 e. The SMILES string of the molecule is C1CC12CC21CC12CC21CC1. The van der Waals surface area contributed by atoms with E-state index in [1.165, 1.54) is 0 Å². The Hall–Kier alpha value is 0. The van der Waals surface area contributed by atoms with Crippen LogP contribution in [0.15, 0.2) is 0 Å². The highest BCUT2D eigenvalue weighted by atomic mass is 15.0. The van der Waals surface area contributed by atoms with Gasteiger partial charge >= 0.3 is 0 Å². The summed E-state index contributed by atoms with van der Waals surface area (Å²) >= 11 is 0. The van der Waals surface area contributed by atoms with Crippen LogP contribution in [0.3, 0.4) is 0 Å². The molecule has 0 N–H and O–H groups in total. The minimum Gasteiger partial charge on any atom is -0.0465 e. The molecule has 0 heterocycles. The van der Waals surface area contributed by atoms with Crippen LogP contribution in [0.1, 0.15) is 44.9 Å². The van der Waals surface area contributed by atoms with E-state index in [4.69, 9.17) is 0 Å². The van der Waals surface area contributed by atoms with Gasteiger partial charge in [0.15, 0.2) is 0 Å². The van der Waals surface area contributed by atoms with Gasteiger partial charge in [0.05, 0.1) is 0 Å². The predicted molar refractivity (Wildman–Crippen MR) is 42.1 cm³/mol. The van der Waals surface area contributed by atoms with Crippen LogP contribution in [0.4, 0.5) is 0 Å². The molecule has 0 heteroatoms. The van der Waals surface area contributed by atoms with Crippen molar-refractivity contribution in [2.75, 3.05) is 0 Å². The standard InChI is InChI=1S/C11H14/c1-2-8(1)5-10(8)7-11(10)6-9(11)3-4-9/h1-7H2. The third-order valence-corrected chi connectivity index (χ3v) is 6.16. The average molecular weight is 146 g/mol. The second-order valence-electron chi connectivity index (χ2n) is 6.26. The molecule has 4 spiro atoms. The van der Waals surface area contributed by atoms with Gasteiger partial charge in [-0.1, -0.05) is 0 Å². The first kappa shape index (κ1) is 4.89. The van der Waals surface area contributed by atoms with E-state index < -0.39 is 0 Å². The van der Waals surface area contributed by atoms with Crippen molar-refractivity contribution in [1.29, 1.82) is 0 Å². The molecule has 0 radical (unpaired) electrons. The highest BCUT2D eigenvalue weighted by Crippen LogP contribution is 3.08. The van der Waals surface area contributed by atoms with E-state index in [-0.39, 0.29) is 0 Å². The van der Waals surface area contributed by atoms with E-state index in [2.05, 4.69) is 0 Å². The van der Waals surface area contributed by atoms with Crippen LogP contribution in [0.5, 0.6) is 0 Å². The fourth-order valence-electron chi connectivity index (χ4n) is 5.00. The van der Waals surface area contributed by atoms with Gasteiger partial charge in [-0.05, 0) is 66.6 Å². The first-order valence-corrected chi connectivity index (χ1v) is 5.29. The summed E-state index contributed by atoms with van der Waals surface area (Å²) in [6, 6.07) is 0. The smallest absolute Gasteiger partial charge is 0.0167 e. The van der Waals surface area contributed by atoms with Gasteiger partial charge < -0.3 is 0 Å². The summed E-state index contributed by atoms with van der Waals surface area (Å²) in [6.07, 6.45) is 11.5. The minimum atomic E-state index is 0.999. The van der Waals surface area contributed by atoms with Crippen molar-refractivity contribution >= 4 is 0 Å². The first-order valence-electron chi connectivity index (χ1n) is 5.29. The highest BCUT2D eigenvalue weighted by Gasteiger charge is 3.01. The third kappa shape index (κ3) is 0.267. The van der Waals surface area contributed by atoms with Crippen LogP contribution in [0, 0.1) is 21.7 Å². The van der Waals surface area contributed by atoms with E-state index in [1.54, 1.807) is 44.9 Å². The molecule has 2 atom stereocenters. The van der Waals surface area contributed by atoms with Crippen LogP contribution in [0.2, 0.25) is 0 Å². The molecule has 58 valence electrons. The van der Waals surface area contributed by atoms with Crippen molar-refractivity contribution in [2.24, 2.45) is 21.7 Å². The Balaban J connectivity index is 1.66. The molecule has 0 aromatic rings. The van der Waals surface area contributed by atoms with Gasteiger partial charge in [-0.25, -0.2) is 0 Å². The molecule has 0 bridgehead atoms. The van der Waals surface area contributed by atoms with Crippen molar-refractivity contribution in [3.63, 3.8) is 0 Å². The molecule has 0 aliphatic heterocycles. The molecule has 0 aromatic carbocycles. The monoisotopic (exact) mass is 146 g/mol. The maximum atomic E-state index is 1.68. The number of fused-ring (bicyclic) bond motifs is 3. The van der Waals surface area contributed by atoms with Crippen molar-refractivity contribution in [3.05, 3.63) is 0 Å². The lowest BCUT2D eigenvalue weighted by Crippen LogP contribution is -1.86. The molecule has 0 saturated heterocycles. The molecular weight excluding hydrogens is 132 g/mol. The summed E-state index contributed by atoms with van der Waals surface area (Å²) < 4.78 is 0. The van der Waals surface area contributed by atoms with E-state index in [0.717, 1.165) is 21.7 Å². The average Bonchev–Trinajstić information content (AvgIpc) is 2.67. The molecule has 5 aliphatic carbocycles. The summed E-state index contributed by atoms with van der Waals surface area (Å²) in [5.74, 6) is 0. The van der Waals surface area contributed by atoms with E-state index >= 15 is 0 Å². The molecule has 0 aromatic heterocycles. The quantitative estimate of drug-likeness (QED) is 0.493. The zero-order valence-corrected chi connectivity index (χ0v) is 6.95. The molecule has 11 heavy (non-hydrogen) atoms. The van der Waals surface area contributed by atoms with Gasteiger partial charge in [0, 0.05) is 0 Å². The minimum absolute atomic E-state index is 0.999. The van der Waals surface area contributed by atoms with Gasteiger partial charge in [-0.2, -0.15) is 0 Å². The van der Waals surface area contributed by atoms with Crippen LogP contribution in [-0.2, 0) is 0 Å². The van der Waals surface area contributed by atoms with Crippen molar-refractivity contribution < 1.29 is 0 Å². The lowest BCUT2D eigenvalue weighted by molar-refractivity contribution is 0.568. The van der Waals surface area contributed by atoms with E-state index in [0.29, 0.717) is 0 Å². The molecular formula is C11H14. The van der Waals surface area contributed by atoms with Crippen molar-refractivity contribution in [2.45, 2.75) is 44.9 Å². The van der Waals surface area contributed by atoms with E-state index in [1.807, 2.05) is 0 Å².